The Morgan fingerprint density at radius 3 is 2.68 bits per heavy atom. The molecule has 0 aliphatic carbocycles. The molecule has 0 aliphatic heterocycles. The van der Waals surface area contributed by atoms with Gasteiger partial charge in [0.25, 0.3) is 5.91 Å². The summed E-state index contributed by atoms with van der Waals surface area (Å²) in [6.45, 7) is 10.7. The topological polar surface area (TPSA) is 73.0 Å². The standard InChI is InChI=1S/C16H24N4O2/c1-6-13-18-11(2)14(22-13)15(21)19-12(16(3,4)5)9-20-8-7-17-10-20/h7-8,10,12H,6,9H2,1-5H3,(H,19,21). The van der Waals surface area contributed by atoms with Crippen molar-refractivity contribution in [2.75, 3.05) is 0 Å². The molecule has 2 aromatic rings. The lowest BCUT2D eigenvalue weighted by molar-refractivity contribution is 0.0861. The number of oxazole rings is 1. The van der Waals surface area contributed by atoms with Gasteiger partial charge in [0, 0.05) is 25.4 Å². The molecule has 2 rings (SSSR count). The second kappa shape index (κ2) is 6.34. The number of nitrogens with zero attached hydrogens (tertiary/aromatic N) is 3. The molecule has 6 heteroatoms. The van der Waals surface area contributed by atoms with E-state index in [0.717, 1.165) is 0 Å². The van der Waals surface area contributed by atoms with Crippen molar-refractivity contribution in [3.05, 3.63) is 36.1 Å². The minimum Gasteiger partial charge on any atom is -0.435 e. The lowest BCUT2D eigenvalue weighted by Crippen LogP contribution is -2.46. The van der Waals surface area contributed by atoms with Gasteiger partial charge in [0.1, 0.15) is 0 Å². The Bertz CT molecular complexity index is 623. The first-order valence-electron chi connectivity index (χ1n) is 7.54. The number of aryl methyl sites for hydroxylation is 2. The van der Waals surface area contributed by atoms with Crippen LogP contribution in [0.15, 0.2) is 23.1 Å². The fraction of sp³-hybridized carbons (Fsp3) is 0.562. The van der Waals surface area contributed by atoms with E-state index in [4.69, 9.17) is 4.42 Å². The van der Waals surface area contributed by atoms with E-state index >= 15 is 0 Å². The maximum Gasteiger partial charge on any atom is 0.289 e. The highest BCUT2D eigenvalue weighted by Crippen LogP contribution is 2.22. The predicted octanol–water partition coefficient (Wildman–Crippen LogP) is 2.59. The lowest BCUT2D eigenvalue weighted by Gasteiger charge is -2.31. The van der Waals surface area contributed by atoms with E-state index in [0.29, 0.717) is 30.3 Å². The quantitative estimate of drug-likeness (QED) is 0.921. The number of rotatable bonds is 5. The van der Waals surface area contributed by atoms with Crippen LogP contribution in [0.3, 0.4) is 0 Å². The summed E-state index contributed by atoms with van der Waals surface area (Å²) in [6.07, 6.45) is 6.04. The molecule has 0 radical (unpaired) electrons. The van der Waals surface area contributed by atoms with Gasteiger partial charge in [-0.1, -0.05) is 27.7 Å². The average Bonchev–Trinajstić information content (AvgIpc) is 3.06. The Hall–Kier alpha value is -2.11. The largest absolute Gasteiger partial charge is 0.435 e. The van der Waals surface area contributed by atoms with Crippen LogP contribution < -0.4 is 5.32 Å². The minimum atomic E-state index is -0.218. The maximum absolute atomic E-state index is 12.5. The number of hydrogen-bond acceptors (Lipinski definition) is 4. The van der Waals surface area contributed by atoms with E-state index in [2.05, 4.69) is 36.1 Å². The second-order valence-corrected chi connectivity index (χ2v) is 6.53. The van der Waals surface area contributed by atoms with Crippen LogP contribution in [0, 0.1) is 12.3 Å². The summed E-state index contributed by atoms with van der Waals surface area (Å²) in [5.74, 6) is 0.672. The molecule has 0 fully saturated rings. The van der Waals surface area contributed by atoms with E-state index in [1.54, 1.807) is 19.4 Å². The van der Waals surface area contributed by atoms with Crippen molar-refractivity contribution in [1.82, 2.24) is 19.9 Å². The molecule has 1 amide bonds. The molecule has 0 saturated carbocycles. The lowest BCUT2D eigenvalue weighted by atomic mass is 9.86. The highest BCUT2D eigenvalue weighted by atomic mass is 16.4. The van der Waals surface area contributed by atoms with Crippen molar-refractivity contribution in [1.29, 1.82) is 0 Å². The third-order valence-corrected chi connectivity index (χ3v) is 3.65. The van der Waals surface area contributed by atoms with E-state index in [9.17, 15) is 4.79 Å². The Morgan fingerprint density at radius 1 is 1.45 bits per heavy atom. The van der Waals surface area contributed by atoms with Crippen LogP contribution in [0.25, 0.3) is 0 Å². The zero-order chi connectivity index (χ0) is 16.3. The van der Waals surface area contributed by atoms with Crippen LogP contribution in [-0.4, -0.2) is 26.5 Å². The molecule has 1 atom stereocenters. The second-order valence-electron chi connectivity index (χ2n) is 6.53. The molecule has 0 bridgehead atoms. The fourth-order valence-electron chi connectivity index (χ4n) is 2.18. The summed E-state index contributed by atoms with van der Waals surface area (Å²) >= 11 is 0. The van der Waals surface area contributed by atoms with Crippen LogP contribution in [0.4, 0.5) is 0 Å². The smallest absolute Gasteiger partial charge is 0.289 e. The Labute approximate surface area is 131 Å². The van der Waals surface area contributed by atoms with Crippen molar-refractivity contribution < 1.29 is 9.21 Å². The van der Waals surface area contributed by atoms with E-state index in [1.165, 1.54) is 0 Å². The molecule has 1 N–H and O–H groups in total. The van der Waals surface area contributed by atoms with E-state index in [-0.39, 0.29) is 17.4 Å². The monoisotopic (exact) mass is 304 g/mol. The van der Waals surface area contributed by atoms with Gasteiger partial charge in [0.2, 0.25) is 5.76 Å². The molecule has 6 nitrogen and oxygen atoms in total. The summed E-state index contributed by atoms with van der Waals surface area (Å²) in [4.78, 5) is 20.8. The predicted molar refractivity (Wildman–Crippen MR) is 83.6 cm³/mol. The normalized spacial score (nSPS) is 13.1. The highest BCUT2D eigenvalue weighted by Gasteiger charge is 2.29. The van der Waals surface area contributed by atoms with Crippen LogP contribution in [0.5, 0.6) is 0 Å². The first kappa shape index (κ1) is 16.3. The molecule has 2 aromatic heterocycles. The van der Waals surface area contributed by atoms with Crippen molar-refractivity contribution in [3.8, 4) is 0 Å². The van der Waals surface area contributed by atoms with Gasteiger partial charge >= 0.3 is 0 Å². The summed E-state index contributed by atoms with van der Waals surface area (Å²) in [6, 6.07) is -0.0521. The highest BCUT2D eigenvalue weighted by molar-refractivity contribution is 5.92. The van der Waals surface area contributed by atoms with Gasteiger partial charge in [-0.05, 0) is 12.3 Å². The molecular formula is C16H24N4O2. The molecule has 1 unspecified atom stereocenters. The molecule has 0 spiro atoms. The van der Waals surface area contributed by atoms with Gasteiger partial charge < -0.3 is 14.3 Å². The molecule has 2 heterocycles. The number of aromatic nitrogens is 3. The van der Waals surface area contributed by atoms with Gasteiger partial charge in [-0.2, -0.15) is 0 Å². The fourth-order valence-corrected chi connectivity index (χ4v) is 2.18. The van der Waals surface area contributed by atoms with Crippen molar-refractivity contribution in [2.45, 2.75) is 53.6 Å². The van der Waals surface area contributed by atoms with Crippen LogP contribution in [0.2, 0.25) is 0 Å². The van der Waals surface area contributed by atoms with Gasteiger partial charge in [0.05, 0.1) is 18.1 Å². The maximum atomic E-state index is 12.5. The van der Waals surface area contributed by atoms with Crippen molar-refractivity contribution in [3.63, 3.8) is 0 Å². The summed E-state index contributed by atoms with van der Waals surface area (Å²) in [5, 5.41) is 3.07. The van der Waals surface area contributed by atoms with E-state index in [1.807, 2.05) is 17.7 Å². The third kappa shape index (κ3) is 3.75. The number of imidazole rings is 1. The first-order chi connectivity index (χ1) is 10.3. The summed E-state index contributed by atoms with van der Waals surface area (Å²) in [7, 11) is 0. The van der Waals surface area contributed by atoms with Crippen LogP contribution in [-0.2, 0) is 13.0 Å². The van der Waals surface area contributed by atoms with E-state index < -0.39 is 0 Å². The minimum absolute atomic E-state index is 0.0521. The zero-order valence-corrected chi connectivity index (χ0v) is 13.9. The van der Waals surface area contributed by atoms with Gasteiger partial charge in [0.15, 0.2) is 5.89 Å². The van der Waals surface area contributed by atoms with Gasteiger partial charge in [-0.25, -0.2) is 9.97 Å². The molecule has 0 aromatic carbocycles. The molecule has 0 aliphatic rings. The summed E-state index contributed by atoms with van der Waals surface area (Å²) in [5.41, 5.74) is 0.534. The molecule has 22 heavy (non-hydrogen) atoms. The number of hydrogen-bond donors (Lipinski definition) is 1. The van der Waals surface area contributed by atoms with Crippen LogP contribution >= 0.6 is 0 Å². The molecule has 0 saturated heterocycles. The Morgan fingerprint density at radius 2 is 2.18 bits per heavy atom. The van der Waals surface area contributed by atoms with Gasteiger partial charge in [-0.15, -0.1) is 0 Å². The molecule has 120 valence electrons. The Balaban J connectivity index is 2.15. The number of carbonyl (C=O) groups is 1. The third-order valence-electron chi connectivity index (χ3n) is 3.65. The number of nitrogens with one attached hydrogen (secondary N) is 1. The van der Waals surface area contributed by atoms with Crippen molar-refractivity contribution in [2.24, 2.45) is 5.41 Å². The zero-order valence-electron chi connectivity index (χ0n) is 13.9. The summed E-state index contributed by atoms with van der Waals surface area (Å²) < 4.78 is 7.49. The SMILES string of the molecule is CCc1nc(C)c(C(=O)NC(Cn2ccnc2)C(C)(C)C)o1. The van der Waals surface area contributed by atoms with Gasteiger partial charge in [-0.3, -0.25) is 4.79 Å². The number of amides is 1. The first-order valence-corrected chi connectivity index (χ1v) is 7.54. The Kier molecular flexibility index (Phi) is 4.68. The number of carbonyl (C=O) groups excluding carboxylic acids is 1. The van der Waals surface area contributed by atoms with Crippen molar-refractivity contribution >= 4 is 5.91 Å². The average molecular weight is 304 g/mol. The molecular weight excluding hydrogens is 280 g/mol. The van der Waals surface area contributed by atoms with Crippen LogP contribution in [0.1, 0.15) is 49.8 Å².